The molecule has 7 heavy (non-hydrogen) atoms. The quantitative estimate of drug-likeness (QED) is 0.565. The van der Waals surface area contributed by atoms with Crippen molar-refractivity contribution in [2.45, 2.75) is 12.8 Å². The van der Waals surface area contributed by atoms with Crippen molar-refractivity contribution in [1.29, 1.82) is 0 Å². The van der Waals surface area contributed by atoms with Gasteiger partial charge in [0.15, 0.2) is 0 Å². The summed E-state index contributed by atoms with van der Waals surface area (Å²) in [4.78, 5) is 0. The van der Waals surface area contributed by atoms with E-state index in [2.05, 4.69) is 5.73 Å². The van der Waals surface area contributed by atoms with Gasteiger partial charge in [-0.1, -0.05) is 0 Å². The van der Waals surface area contributed by atoms with Gasteiger partial charge in [0.2, 0.25) is 0 Å². The zero-order valence-corrected chi connectivity index (χ0v) is 4.77. The molecule has 0 fully saturated rings. The van der Waals surface area contributed by atoms with Crippen LogP contribution in [0.2, 0.25) is 0 Å². The lowest BCUT2D eigenvalue weighted by atomic mass is 10.4. The van der Waals surface area contributed by atoms with Crippen molar-refractivity contribution in [2.75, 3.05) is 6.54 Å². The van der Waals surface area contributed by atoms with Crippen LogP contribution >= 0.6 is 12.4 Å². The molecule has 0 saturated heterocycles. The summed E-state index contributed by atoms with van der Waals surface area (Å²) < 4.78 is 22.7. The largest absolute Gasteiger partial charge is 0.325 e. The van der Waals surface area contributed by atoms with E-state index in [1.165, 1.54) is 0 Å². The predicted octanol–water partition coefficient (Wildman–Crippen LogP) is 1.02. The number of hydrogen-bond acceptors (Lipinski definition) is 1. The molecule has 0 radical (unpaired) electrons. The van der Waals surface area contributed by atoms with E-state index in [1.807, 2.05) is 0 Å². The van der Waals surface area contributed by atoms with Crippen molar-refractivity contribution >= 4 is 12.4 Å². The normalized spacial score (nSPS) is 10.3. The van der Waals surface area contributed by atoms with E-state index in [4.69, 9.17) is 0 Å². The van der Waals surface area contributed by atoms with Gasteiger partial charge < -0.3 is 5.73 Å². The minimum Gasteiger partial charge on any atom is -0.325 e. The fourth-order valence-corrected chi connectivity index (χ4v) is 0. The summed E-state index contributed by atoms with van der Waals surface area (Å²) >= 11 is 0. The Bertz CT molecular complexity index is 42.7. The number of nitrogens with two attached hydrogens (primary N) is 1. The van der Waals surface area contributed by atoms with Gasteiger partial charge in [-0.15, -0.1) is 12.4 Å². The minimum absolute atomic E-state index is 0. The lowest BCUT2D eigenvalue weighted by Gasteiger charge is -2.02. The first-order valence-electron chi connectivity index (χ1n) is 1.64. The molecule has 0 saturated carbocycles. The maximum absolute atomic E-state index is 11.3. The standard InChI is InChI=1S/C3H7F2N.ClH/c1-3(4,5)2-6;/h2,6H2,1H3;1H. The van der Waals surface area contributed by atoms with Gasteiger partial charge in [0.1, 0.15) is 0 Å². The van der Waals surface area contributed by atoms with Gasteiger partial charge in [0.25, 0.3) is 5.92 Å². The molecule has 0 aromatic rings. The molecule has 1 nitrogen and oxygen atoms in total. The van der Waals surface area contributed by atoms with Gasteiger partial charge >= 0.3 is 0 Å². The molecule has 0 amide bonds. The molecule has 0 spiro atoms. The van der Waals surface area contributed by atoms with E-state index in [-0.39, 0.29) is 12.4 Å². The van der Waals surface area contributed by atoms with E-state index >= 15 is 0 Å². The maximum atomic E-state index is 11.3. The van der Waals surface area contributed by atoms with Crippen LogP contribution in [-0.2, 0) is 0 Å². The van der Waals surface area contributed by atoms with Crippen LogP contribution in [0.25, 0.3) is 0 Å². The number of alkyl halides is 2. The van der Waals surface area contributed by atoms with Crippen LogP contribution < -0.4 is 5.73 Å². The van der Waals surface area contributed by atoms with Crippen LogP contribution in [-0.4, -0.2) is 12.5 Å². The Morgan fingerprint density at radius 3 is 1.71 bits per heavy atom. The summed E-state index contributed by atoms with van der Waals surface area (Å²) in [5.41, 5.74) is 4.56. The van der Waals surface area contributed by atoms with Gasteiger partial charge in [0, 0.05) is 6.92 Å². The van der Waals surface area contributed by atoms with Crippen molar-refractivity contribution in [2.24, 2.45) is 5.73 Å². The van der Waals surface area contributed by atoms with Crippen LogP contribution in [0.5, 0.6) is 0 Å². The highest BCUT2D eigenvalue weighted by Gasteiger charge is 2.16. The van der Waals surface area contributed by atoms with Gasteiger partial charge in [-0.3, -0.25) is 0 Å². The first-order valence-corrected chi connectivity index (χ1v) is 1.64. The monoisotopic (exact) mass is 131 g/mol. The summed E-state index contributed by atoms with van der Waals surface area (Å²) in [5.74, 6) is -2.68. The topological polar surface area (TPSA) is 26.0 Å². The van der Waals surface area contributed by atoms with Crippen LogP contribution in [0.1, 0.15) is 6.92 Å². The molecule has 0 atom stereocenters. The van der Waals surface area contributed by atoms with E-state index < -0.39 is 12.5 Å². The third-order valence-corrected chi connectivity index (χ3v) is 0.358. The van der Waals surface area contributed by atoms with Crippen molar-refractivity contribution in [1.82, 2.24) is 0 Å². The third kappa shape index (κ3) is 10.7. The molecule has 46 valence electrons. The number of halogens is 3. The Kier molecular flexibility index (Phi) is 4.58. The zero-order chi connectivity index (χ0) is 5.21. The van der Waals surface area contributed by atoms with E-state index in [1.54, 1.807) is 0 Å². The summed E-state index contributed by atoms with van der Waals surface area (Å²) in [6, 6.07) is 0. The lowest BCUT2D eigenvalue weighted by molar-refractivity contribution is 0.0321. The van der Waals surface area contributed by atoms with Crippen molar-refractivity contribution in [3.05, 3.63) is 0 Å². The highest BCUT2D eigenvalue weighted by Crippen LogP contribution is 2.06. The Balaban J connectivity index is 0. The van der Waals surface area contributed by atoms with Gasteiger partial charge in [-0.25, -0.2) is 8.78 Å². The molecule has 0 heterocycles. The average Bonchev–Trinajstić information content (AvgIpc) is 1.35. The smallest absolute Gasteiger partial charge is 0.257 e. The molecule has 0 rings (SSSR count). The van der Waals surface area contributed by atoms with Crippen LogP contribution in [0.4, 0.5) is 8.78 Å². The van der Waals surface area contributed by atoms with Gasteiger partial charge in [-0.2, -0.15) is 0 Å². The summed E-state index contributed by atoms with van der Waals surface area (Å²) in [6.45, 7) is 0.222. The molecule has 0 aromatic heterocycles. The molecule has 0 aliphatic heterocycles. The Morgan fingerprint density at radius 2 is 1.71 bits per heavy atom. The average molecular weight is 132 g/mol. The molecule has 0 aliphatic carbocycles. The highest BCUT2D eigenvalue weighted by molar-refractivity contribution is 5.85. The third-order valence-electron chi connectivity index (χ3n) is 0.358. The molecule has 0 bridgehead atoms. The van der Waals surface area contributed by atoms with E-state index in [9.17, 15) is 8.78 Å². The highest BCUT2D eigenvalue weighted by atomic mass is 35.5. The second-order valence-electron chi connectivity index (χ2n) is 1.27. The van der Waals surface area contributed by atoms with Crippen molar-refractivity contribution in [3.8, 4) is 0 Å². The lowest BCUT2D eigenvalue weighted by Crippen LogP contribution is -2.22. The Hall–Kier alpha value is 0.110. The SMILES string of the molecule is CC(F)(F)CN.Cl. The fourth-order valence-electron chi connectivity index (χ4n) is 0. The molecule has 4 heteroatoms. The molecular weight excluding hydrogens is 123 g/mol. The number of rotatable bonds is 1. The van der Waals surface area contributed by atoms with Crippen LogP contribution in [0, 0.1) is 0 Å². The maximum Gasteiger partial charge on any atom is 0.257 e. The fraction of sp³-hybridized carbons (Fsp3) is 1.00. The number of hydrogen-bond donors (Lipinski definition) is 1. The zero-order valence-electron chi connectivity index (χ0n) is 3.95. The molecular formula is C3H8ClF2N. The predicted molar refractivity (Wildman–Crippen MR) is 26.9 cm³/mol. The summed E-state index contributed by atoms with van der Waals surface area (Å²) in [6.07, 6.45) is 0. The molecule has 0 unspecified atom stereocenters. The minimum atomic E-state index is -2.68. The van der Waals surface area contributed by atoms with E-state index in [0.717, 1.165) is 6.92 Å². The second-order valence-corrected chi connectivity index (χ2v) is 1.27. The van der Waals surface area contributed by atoms with Crippen LogP contribution in [0.15, 0.2) is 0 Å². The van der Waals surface area contributed by atoms with Gasteiger partial charge in [0.05, 0.1) is 6.54 Å². The first kappa shape index (κ1) is 10.2. The van der Waals surface area contributed by atoms with Crippen molar-refractivity contribution < 1.29 is 8.78 Å². The Morgan fingerprint density at radius 1 is 1.57 bits per heavy atom. The van der Waals surface area contributed by atoms with Gasteiger partial charge in [-0.05, 0) is 0 Å². The van der Waals surface area contributed by atoms with Crippen molar-refractivity contribution in [3.63, 3.8) is 0 Å². The molecule has 0 aliphatic rings. The first-order chi connectivity index (χ1) is 2.56. The second kappa shape index (κ2) is 3.16. The molecule has 2 N–H and O–H groups in total. The summed E-state index contributed by atoms with van der Waals surface area (Å²) in [5, 5.41) is 0. The summed E-state index contributed by atoms with van der Waals surface area (Å²) in [7, 11) is 0. The van der Waals surface area contributed by atoms with Crippen LogP contribution in [0.3, 0.4) is 0 Å². The Labute approximate surface area is 47.3 Å². The molecule has 0 aromatic carbocycles. The van der Waals surface area contributed by atoms with E-state index in [0.29, 0.717) is 0 Å².